The molecule has 0 saturated carbocycles. The molecule has 2 rings (SSSR count). The molecule has 0 aliphatic carbocycles. The van der Waals surface area contributed by atoms with Crippen LogP contribution in [0.1, 0.15) is 69.6 Å². The maximum Gasteiger partial charge on any atom is 0.231 e. The van der Waals surface area contributed by atoms with Gasteiger partial charge in [0.15, 0.2) is 0 Å². The van der Waals surface area contributed by atoms with Crippen LogP contribution >= 0.6 is 0 Å². The first-order valence-electron chi connectivity index (χ1n) is 9.41. The molecule has 0 saturated heterocycles. The minimum Gasteiger partial charge on any atom is -0.325 e. The molecule has 0 unspecified atom stereocenters. The highest BCUT2D eigenvalue weighted by Gasteiger charge is 2.17. The molecular weight excluding hydrogens is 306 g/mol. The average Bonchev–Trinajstić information content (AvgIpc) is 2.61. The van der Waals surface area contributed by atoms with E-state index in [0.717, 1.165) is 24.1 Å². The van der Waals surface area contributed by atoms with Gasteiger partial charge in [-0.15, -0.1) is 0 Å². The van der Waals surface area contributed by atoms with Crippen molar-refractivity contribution in [1.29, 1.82) is 0 Å². The highest BCUT2D eigenvalue weighted by Crippen LogP contribution is 2.28. The van der Waals surface area contributed by atoms with Crippen molar-refractivity contribution < 1.29 is 4.79 Å². The molecule has 1 N–H and O–H groups in total. The van der Waals surface area contributed by atoms with Crippen LogP contribution in [0.5, 0.6) is 0 Å². The van der Waals surface area contributed by atoms with Gasteiger partial charge in [-0.2, -0.15) is 0 Å². The standard InChI is InChI=1S/C23H31NO/c1-6-17(4)21-9-7-8-10-22(21)24-23(25)18(5)20-13-11-19(12-14-20)15-16(2)3/h7-14,16-18H,6,15H2,1-5H3,(H,24,25)/t17-,18+/m0/s1. The van der Waals surface area contributed by atoms with Gasteiger partial charge >= 0.3 is 0 Å². The second kappa shape index (κ2) is 8.84. The molecule has 2 nitrogen and oxygen atoms in total. The third kappa shape index (κ3) is 5.19. The normalized spacial score (nSPS) is 13.5. The highest BCUT2D eigenvalue weighted by molar-refractivity contribution is 5.96. The molecule has 0 bridgehead atoms. The Morgan fingerprint density at radius 3 is 2.20 bits per heavy atom. The van der Waals surface area contributed by atoms with Gasteiger partial charge in [0.25, 0.3) is 0 Å². The van der Waals surface area contributed by atoms with E-state index in [9.17, 15) is 4.79 Å². The van der Waals surface area contributed by atoms with Crippen LogP contribution < -0.4 is 5.32 Å². The van der Waals surface area contributed by atoms with Crippen molar-refractivity contribution in [3.05, 3.63) is 65.2 Å². The summed E-state index contributed by atoms with van der Waals surface area (Å²) in [5, 5.41) is 3.13. The van der Waals surface area contributed by atoms with Crippen LogP contribution in [0.4, 0.5) is 5.69 Å². The fraction of sp³-hybridized carbons (Fsp3) is 0.435. The lowest BCUT2D eigenvalue weighted by Gasteiger charge is -2.18. The number of amides is 1. The molecule has 134 valence electrons. The average molecular weight is 338 g/mol. The number of carbonyl (C=O) groups is 1. The van der Waals surface area contributed by atoms with E-state index in [1.54, 1.807) is 0 Å². The molecule has 0 aliphatic heterocycles. The number of carbonyl (C=O) groups excluding carboxylic acids is 1. The Bertz CT molecular complexity index is 687. The van der Waals surface area contributed by atoms with Crippen LogP contribution in [-0.4, -0.2) is 5.91 Å². The first kappa shape index (κ1) is 19.2. The molecular formula is C23H31NO. The summed E-state index contributed by atoms with van der Waals surface area (Å²) in [6.07, 6.45) is 2.13. The number of hydrogen-bond acceptors (Lipinski definition) is 1. The summed E-state index contributed by atoms with van der Waals surface area (Å²) in [4.78, 5) is 12.7. The Kier molecular flexibility index (Phi) is 6.81. The number of benzene rings is 2. The molecule has 0 aromatic heterocycles. The van der Waals surface area contributed by atoms with Gasteiger partial charge in [-0.3, -0.25) is 4.79 Å². The van der Waals surface area contributed by atoms with Crippen LogP contribution in [0.25, 0.3) is 0 Å². The maximum absolute atomic E-state index is 12.7. The molecule has 2 atom stereocenters. The fourth-order valence-corrected chi connectivity index (χ4v) is 3.07. The second-order valence-corrected chi connectivity index (χ2v) is 7.45. The van der Waals surface area contributed by atoms with Crippen LogP contribution in [0.2, 0.25) is 0 Å². The van der Waals surface area contributed by atoms with Crippen LogP contribution in [0, 0.1) is 5.92 Å². The Morgan fingerprint density at radius 1 is 0.960 bits per heavy atom. The lowest BCUT2D eigenvalue weighted by molar-refractivity contribution is -0.117. The lowest BCUT2D eigenvalue weighted by atomic mass is 9.95. The van der Waals surface area contributed by atoms with Crippen LogP contribution in [0.3, 0.4) is 0 Å². The van der Waals surface area contributed by atoms with Gasteiger partial charge in [0, 0.05) is 5.69 Å². The zero-order chi connectivity index (χ0) is 18.4. The molecule has 2 aromatic carbocycles. The Balaban J connectivity index is 2.10. The minimum atomic E-state index is -0.168. The van der Waals surface area contributed by atoms with Crippen molar-refractivity contribution in [1.82, 2.24) is 0 Å². The third-order valence-corrected chi connectivity index (χ3v) is 4.88. The van der Waals surface area contributed by atoms with Crippen molar-refractivity contribution in [3.63, 3.8) is 0 Å². The Labute approximate surface area is 152 Å². The molecule has 0 fully saturated rings. The summed E-state index contributed by atoms with van der Waals surface area (Å²) >= 11 is 0. The van der Waals surface area contributed by atoms with E-state index in [0.29, 0.717) is 11.8 Å². The SMILES string of the molecule is CC[C@H](C)c1ccccc1NC(=O)[C@H](C)c1ccc(CC(C)C)cc1. The van der Waals surface area contributed by atoms with E-state index in [-0.39, 0.29) is 11.8 Å². The van der Waals surface area contributed by atoms with Gasteiger partial charge in [-0.1, -0.05) is 70.2 Å². The summed E-state index contributed by atoms with van der Waals surface area (Å²) in [5.74, 6) is 0.955. The minimum absolute atomic E-state index is 0.0485. The topological polar surface area (TPSA) is 29.1 Å². The van der Waals surface area contributed by atoms with E-state index in [1.807, 2.05) is 25.1 Å². The van der Waals surface area contributed by atoms with Gasteiger partial charge < -0.3 is 5.32 Å². The molecule has 0 heterocycles. The van der Waals surface area contributed by atoms with E-state index >= 15 is 0 Å². The summed E-state index contributed by atoms with van der Waals surface area (Å²) in [7, 11) is 0. The molecule has 2 heteroatoms. The van der Waals surface area contributed by atoms with Crippen LogP contribution in [-0.2, 0) is 11.2 Å². The van der Waals surface area contributed by atoms with E-state index in [4.69, 9.17) is 0 Å². The smallest absolute Gasteiger partial charge is 0.231 e. The molecule has 0 spiro atoms. The van der Waals surface area contributed by atoms with Crippen molar-refractivity contribution in [3.8, 4) is 0 Å². The summed E-state index contributed by atoms with van der Waals surface area (Å²) in [6.45, 7) is 10.8. The van der Waals surface area contributed by atoms with E-state index in [2.05, 4.69) is 63.3 Å². The van der Waals surface area contributed by atoms with Crippen molar-refractivity contribution in [2.24, 2.45) is 5.92 Å². The van der Waals surface area contributed by atoms with Crippen molar-refractivity contribution >= 4 is 11.6 Å². The largest absolute Gasteiger partial charge is 0.325 e. The summed E-state index contributed by atoms with van der Waals surface area (Å²) in [5.41, 5.74) is 4.53. The predicted octanol–water partition coefficient (Wildman–Crippen LogP) is 6.14. The first-order valence-corrected chi connectivity index (χ1v) is 9.41. The van der Waals surface area contributed by atoms with E-state index in [1.165, 1.54) is 11.1 Å². The predicted molar refractivity (Wildman–Crippen MR) is 107 cm³/mol. The lowest BCUT2D eigenvalue weighted by Crippen LogP contribution is -2.20. The van der Waals surface area contributed by atoms with Crippen molar-refractivity contribution in [2.75, 3.05) is 5.32 Å². The van der Waals surface area contributed by atoms with Gasteiger partial charge in [-0.25, -0.2) is 0 Å². The molecule has 0 radical (unpaired) electrons. The number of para-hydroxylation sites is 1. The highest BCUT2D eigenvalue weighted by atomic mass is 16.1. The number of anilines is 1. The van der Waals surface area contributed by atoms with Crippen LogP contribution in [0.15, 0.2) is 48.5 Å². The third-order valence-electron chi connectivity index (χ3n) is 4.88. The quantitative estimate of drug-likeness (QED) is 0.646. The first-order chi connectivity index (χ1) is 11.9. The van der Waals surface area contributed by atoms with Gasteiger partial charge in [0.05, 0.1) is 5.92 Å². The van der Waals surface area contributed by atoms with Gasteiger partial charge in [0.2, 0.25) is 5.91 Å². The van der Waals surface area contributed by atoms with Gasteiger partial charge in [-0.05, 0) is 54.4 Å². The fourth-order valence-electron chi connectivity index (χ4n) is 3.07. The summed E-state index contributed by atoms with van der Waals surface area (Å²) < 4.78 is 0. The Morgan fingerprint density at radius 2 is 1.60 bits per heavy atom. The monoisotopic (exact) mass is 337 g/mol. The second-order valence-electron chi connectivity index (χ2n) is 7.45. The Hall–Kier alpha value is -2.09. The maximum atomic E-state index is 12.7. The van der Waals surface area contributed by atoms with E-state index < -0.39 is 0 Å². The van der Waals surface area contributed by atoms with Gasteiger partial charge in [0.1, 0.15) is 0 Å². The number of rotatable bonds is 7. The molecule has 0 aliphatic rings. The summed E-state index contributed by atoms with van der Waals surface area (Å²) in [6, 6.07) is 16.6. The molecule has 2 aromatic rings. The zero-order valence-electron chi connectivity index (χ0n) is 16.2. The number of nitrogens with one attached hydrogen (secondary N) is 1. The number of hydrogen-bond donors (Lipinski definition) is 1. The molecule has 25 heavy (non-hydrogen) atoms. The van der Waals surface area contributed by atoms with Crippen molar-refractivity contribution in [2.45, 2.75) is 59.3 Å². The molecule has 1 amide bonds. The zero-order valence-corrected chi connectivity index (χ0v) is 16.2.